The van der Waals surface area contributed by atoms with Crippen LogP contribution in [0.3, 0.4) is 0 Å². The van der Waals surface area contributed by atoms with Crippen molar-refractivity contribution in [2.45, 2.75) is 33.1 Å². The van der Waals surface area contributed by atoms with E-state index in [1.165, 1.54) is 0 Å². The molecule has 0 aromatic rings. The van der Waals surface area contributed by atoms with Crippen LogP contribution in [-0.4, -0.2) is 37.4 Å². The Kier molecular flexibility index (Phi) is 5.54. The Morgan fingerprint density at radius 1 is 1.31 bits per heavy atom. The number of hydrogen-bond acceptors (Lipinski definition) is 2. The SMILES string of the molecule is CC(C)C1CCN(S(=O)(=O)CCCCl)CC1. The van der Waals surface area contributed by atoms with Crippen LogP contribution in [0, 0.1) is 11.8 Å². The minimum absolute atomic E-state index is 0.197. The molecule has 0 N–H and O–H groups in total. The van der Waals surface area contributed by atoms with E-state index in [0.717, 1.165) is 12.8 Å². The lowest BCUT2D eigenvalue weighted by Crippen LogP contribution is -2.40. The monoisotopic (exact) mass is 267 g/mol. The summed E-state index contributed by atoms with van der Waals surface area (Å²) in [6.45, 7) is 5.80. The smallest absolute Gasteiger partial charge is 0.212 e. The molecule has 0 aromatic carbocycles. The summed E-state index contributed by atoms with van der Waals surface area (Å²) >= 11 is 5.53. The molecule has 1 aliphatic heterocycles. The van der Waals surface area contributed by atoms with E-state index in [4.69, 9.17) is 11.6 Å². The van der Waals surface area contributed by atoms with E-state index in [-0.39, 0.29) is 5.75 Å². The van der Waals surface area contributed by atoms with Gasteiger partial charge in [0.2, 0.25) is 10.0 Å². The fourth-order valence-corrected chi connectivity index (χ4v) is 4.01. The maximum Gasteiger partial charge on any atom is 0.214 e. The van der Waals surface area contributed by atoms with Gasteiger partial charge in [-0.15, -0.1) is 11.6 Å². The summed E-state index contributed by atoms with van der Waals surface area (Å²) in [5.74, 6) is 1.96. The lowest BCUT2D eigenvalue weighted by Gasteiger charge is -2.33. The highest BCUT2D eigenvalue weighted by atomic mass is 35.5. The van der Waals surface area contributed by atoms with Gasteiger partial charge in [0, 0.05) is 19.0 Å². The Bertz CT molecular complexity index is 295. The third-order valence-electron chi connectivity index (χ3n) is 3.37. The molecule has 5 heteroatoms. The average molecular weight is 268 g/mol. The highest BCUT2D eigenvalue weighted by molar-refractivity contribution is 7.89. The molecule has 0 aromatic heterocycles. The van der Waals surface area contributed by atoms with Crippen molar-refractivity contribution >= 4 is 21.6 Å². The molecule has 1 rings (SSSR count). The van der Waals surface area contributed by atoms with Crippen LogP contribution in [0.1, 0.15) is 33.1 Å². The molecule has 0 spiro atoms. The Morgan fingerprint density at radius 2 is 1.88 bits per heavy atom. The van der Waals surface area contributed by atoms with Gasteiger partial charge in [-0.3, -0.25) is 0 Å². The first-order chi connectivity index (χ1) is 7.47. The molecule has 0 atom stereocenters. The lowest BCUT2D eigenvalue weighted by molar-refractivity contribution is 0.226. The van der Waals surface area contributed by atoms with Gasteiger partial charge in [-0.25, -0.2) is 12.7 Å². The maximum atomic E-state index is 11.9. The third-order valence-corrected chi connectivity index (χ3v) is 5.59. The molecule has 0 amide bonds. The van der Waals surface area contributed by atoms with Crippen LogP contribution in [0.5, 0.6) is 0 Å². The number of halogens is 1. The van der Waals surface area contributed by atoms with E-state index in [9.17, 15) is 8.42 Å². The van der Waals surface area contributed by atoms with Crippen molar-refractivity contribution in [1.82, 2.24) is 4.31 Å². The first kappa shape index (κ1) is 14.3. The zero-order valence-electron chi connectivity index (χ0n) is 10.2. The standard InChI is InChI=1S/C11H22ClNO2S/c1-10(2)11-4-7-13(8-5-11)16(14,15)9-3-6-12/h10-11H,3-9H2,1-2H3. The maximum absolute atomic E-state index is 11.9. The molecule has 1 saturated heterocycles. The predicted molar refractivity (Wildman–Crippen MR) is 68.3 cm³/mol. The highest BCUT2D eigenvalue weighted by Gasteiger charge is 2.28. The summed E-state index contributed by atoms with van der Waals surface area (Å²) in [6.07, 6.45) is 2.55. The summed E-state index contributed by atoms with van der Waals surface area (Å²) in [6, 6.07) is 0. The van der Waals surface area contributed by atoms with Crippen molar-refractivity contribution < 1.29 is 8.42 Å². The quantitative estimate of drug-likeness (QED) is 0.717. The van der Waals surface area contributed by atoms with Crippen LogP contribution < -0.4 is 0 Å². The fourth-order valence-electron chi connectivity index (χ4n) is 2.19. The van der Waals surface area contributed by atoms with Gasteiger partial charge < -0.3 is 0 Å². The number of rotatable bonds is 5. The number of alkyl halides is 1. The number of piperidine rings is 1. The summed E-state index contributed by atoms with van der Waals surface area (Å²) in [4.78, 5) is 0. The van der Waals surface area contributed by atoms with Gasteiger partial charge in [-0.2, -0.15) is 0 Å². The minimum Gasteiger partial charge on any atom is -0.212 e. The summed E-state index contributed by atoms with van der Waals surface area (Å²) in [7, 11) is -3.05. The van der Waals surface area contributed by atoms with E-state index in [2.05, 4.69) is 13.8 Å². The Hall–Kier alpha value is 0.200. The number of sulfonamides is 1. The Balaban J connectivity index is 2.47. The molecular weight excluding hydrogens is 246 g/mol. The van der Waals surface area contributed by atoms with Gasteiger partial charge in [0.05, 0.1) is 5.75 Å². The van der Waals surface area contributed by atoms with Gasteiger partial charge in [-0.05, 0) is 31.1 Å². The van der Waals surface area contributed by atoms with E-state index in [0.29, 0.717) is 37.2 Å². The molecule has 96 valence electrons. The third kappa shape index (κ3) is 3.90. The van der Waals surface area contributed by atoms with E-state index in [1.807, 2.05) is 0 Å². The molecular formula is C11H22ClNO2S. The van der Waals surface area contributed by atoms with Crippen molar-refractivity contribution in [2.24, 2.45) is 11.8 Å². The first-order valence-electron chi connectivity index (χ1n) is 6.01. The normalized spacial score (nSPS) is 20.5. The van der Waals surface area contributed by atoms with Crippen molar-refractivity contribution in [3.8, 4) is 0 Å². The average Bonchev–Trinajstić information content (AvgIpc) is 2.26. The van der Waals surface area contributed by atoms with Crippen molar-refractivity contribution in [3.63, 3.8) is 0 Å². The zero-order chi connectivity index (χ0) is 12.2. The lowest BCUT2D eigenvalue weighted by atomic mass is 9.87. The Morgan fingerprint density at radius 3 is 2.31 bits per heavy atom. The van der Waals surface area contributed by atoms with E-state index >= 15 is 0 Å². The molecule has 0 saturated carbocycles. The van der Waals surface area contributed by atoms with Crippen LogP contribution in [0.25, 0.3) is 0 Å². The largest absolute Gasteiger partial charge is 0.214 e. The van der Waals surface area contributed by atoms with Gasteiger partial charge in [0.15, 0.2) is 0 Å². The van der Waals surface area contributed by atoms with Gasteiger partial charge in [-0.1, -0.05) is 13.8 Å². The minimum atomic E-state index is -3.05. The van der Waals surface area contributed by atoms with Gasteiger partial charge in [0.1, 0.15) is 0 Å². The van der Waals surface area contributed by atoms with Crippen LogP contribution in [0.2, 0.25) is 0 Å². The van der Waals surface area contributed by atoms with Crippen LogP contribution >= 0.6 is 11.6 Å². The highest BCUT2D eigenvalue weighted by Crippen LogP contribution is 2.25. The van der Waals surface area contributed by atoms with E-state index < -0.39 is 10.0 Å². The molecule has 3 nitrogen and oxygen atoms in total. The molecule has 1 fully saturated rings. The summed E-state index contributed by atoms with van der Waals surface area (Å²) in [5, 5.41) is 0. The van der Waals surface area contributed by atoms with Crippen molar-refractivity contribution in [3.05, 3.63) is 0 Å². The second kappa shape index (κ2) is 6.22. The second-order valence-electron chi connectivity index (χ2n) is 4.84. The fraction of sp³-hybridized carbons (Fsp3) is 1.00. The van der Waals surface area contributed by atoms with Crippen LogP contribution in [0.15, 0.2) is 0 Å². The van der Waals surface area contributed by atoms with Crippen LogP contribution in [0.4, 0.5) is 0 Å². The summed E-state index contributed by atoms with van der Waals surface area (Å²) in [5.41, 5.74) is 0. The Labute approximate surface area is 104 Å². The molecule has 0 aliphatic carbocycles. The molecule has 0 unspecified atom stereocenters. The summed E-state index contributed by atoms with van der Waals surface area (Å²) < 4.78 is 25.4. The van der Waals surface area contributed by atoms with E-state index in [1.54, 1.807) is 4.31 Å². The topological polar surface area (TPSA) is 37.4 Å². The number of nitrogens with zero attached hydrogens (tertiary/aromatic N) is 1. The molecule has 1 heterocycles. The van der Waals surface area contributed by atoms with Crippen LogP contribution in [-0.2, 0) is 10.0 Å². The molecule has 16 heavy (non-hydrogen) atoms. The molecule has 1 aliphatic rings. The molecule has 0 radical (unpaired) electrons. The van der Waals surface area contributed by atoms with Gasteiger partial charge >= 0.3 is 0 Å². The molecule has 0 bridgehead atoms. The van der Waals surface area contributed by atoms with Gasteiger partial charge in [0.25, 0.3) is 0 Å². The predicted octanol–water partition coefficient (Wildman–Crippen LogP) is 2.31. The van der Waals surface area contributed by atoms with Crippen molar-refractivity contribution in [2.75, 3.05) is 24.7 Å². The zero-order valence-corrected chi connectivity index (χ0v) is 11.7. The van der Waals surface area contributed by atoms with Crippen molar-refractivity contribution in [1.29, 1.82) is 0 Å². The first-order valence-corrected chi connectivity index (χ1v) is 8.15. The second-order valence-corrected chi connectivity index (χ2v) is 7.31. The number of hydrogen-bond donors (Lipinski definition) is 0.